The van der Waals surface area contributed by atoms with Crippen LogP contribution in [0.5, 0.6) is 5.75 Å². The molecule has 0 aliphatic carbocycles. The average Bonchev–Trinajstić information content (AvgIpc) is 2.89. The Labute approximate surface area is 112 Å². The summed E-state index contributed by atoms with van der Waals surface area (Å²) in [5.74, 6) is 0.757. The number of nitrogen functional groups attached to an aromatic ring is 1. The molecule has 0 spiro atoms. The number of thiophene rings is 1. The van der Waals surface area contributed by atoms with Gasteiger partial charge in [-0.25, -0.2) is 0 Å². The van der Waals surface area contributed by atoms with Gasteiger partial charge in [0.05, 0.1) is 18.0 Å². The van der Waals surface area contributed by atoms with Gasteiger partial charge in [-0.05, 0) is 40.9 Å². The maximum absolute atomic E-state index is 6.08. The minimum Gasteiger partial charge on any atom is -0.491 e. The van der Waals surface area contributed by atoms with Crippen LogP contribution < -0.4 is 15.8 Å². The highest BCUT2D eigenvalue weighted by molar-refractivity contribution is 7.07. The molecule has 0 saturated carbocycles. The van der Waals surface area contributed by atoms with Gasteiger partial charge in [-0.2, -0.15) is 11.3 Å². The van der Waals surface area contributed by atoms with Gasteiger partial charge < -0.3 is 15.8 Å². The minimum atomic E-state index is 0.682. The van der Waals surface area contributed by atoms with Gasteiger partial charge in [0.1, 0.15) is 5.75 Å². The Morgan fingerprint density at radius 1 is 1.33 bits per heavy atom. The van der Waals surface area contributed by atoms with E-state index in [1.54, 1.807) is 11.3 Å². The summed E-state index contributed by atoms with van der Waals surface area (Å²) in [7, 11) is 0. The van der Waals surface area contributed by atoms with Crippen LogP contribution in [0.3, 0.4) is 0 Å². The van der Waals surface area contributed by atoms with Crippen molar-refractivity contribution in [3.05, 3.63) is 40.6 Å². The Balaban J connectivity index is 2.03. The van der Waals surface area contributed by atoms with Gasteiger partial charge in [0.25, 0.3) is 0 Å². The second kappa shape index (κ2) is 6.31. The van der Waals surface area contributed by atoms with Crippen LogP contribution in [0, 0.1) is 0 Å². The van der Waals surface area contributed by atoms with E-state index in [1.165, 1.54) is 5.56 Å². The van der Waals surface area contributed by atoms with Crippen LogP contribution in [0.4, 0.5) is 11.4 Å². The van der Waals surface area contributed by atoms with E-state index in [0.29, 0.717) is 12.3 Å². The molecule has 96 valence electrons. The summed E-state index contributed by atoms with van der Waals surface area (Å²) >= 11 is 1.70. The topological polar surface area (TPSA) is 47.3 Å². The van der Waals surface area contributed by atoms with Gasteiger partial charge in [0.15, 0.2) is 0 Å². The van der Waals surface area contributed by atoms with Crippen molar-refractivity contribution in [1.82, 2.24) is 0 Å². The molecular weight excluding hydrogens is 244 g/mol. The number of nitrogens with one attached hydrogen (secondary N) is 1. The molecule has 0 atom stereocenters. The summed E-state index contributed by atoms with van der Waals surface area (Å²) < 4.78 is 5.60. The van der Waals surface area contributed by atoms with Crippen molar-refractivity contribution in [2.24, 2.45) is 0 Å². The molecule has 4 heteroatoms. The second-order valence-electron chi connectivity index (χ2n) is 4.05. The normalized spacial score (nSPS) is 10.3. The average molecular weight is 262 g/mol. The van der Waals surface area contributed by atoms with Gasteiger partial charge in [-0.3, -0.25) is 0 Å². The lowest BCUT2D eigenvalue weighted by molar-refractivity contribution is 0.319. The summed E-state index contributed by atoms with van der Waals surface area (Å²) in [5, 5.41) is 7.53. The number of hydrogen-bond donors (Lipinski definition) is 2. The molecule has 0 unspecified atom stereocenters. The highest BCUT2D eigenvalue weighted by Crippen LogP contribution is 2.29. The fourth-order valence-corrected chi connectivity index (χ4v) is 2.30. The lowest BCUT2D eigenvalue weighted by Gasteiger charge is -2.13. The monoisotopic (exact) mass is 262 g/mol. The summed E-state index contributed by atoms with van der Waals surface area (Å²) in [6.45, 7) is 3.55. The van der Waals surface area contributed by atoms with Crippen molar-refractivity contribution in [2.75, 3.05) is 17.7 Å². The van der Waals surface area contributed by atoms with E-state index in [4.69, 9.17) is 10.5 Å². The van der Waals surface area contributed by atoms with E-state index >= 15 is 0 Å². The highest BCUT2D eigenvalue weighted by Gasteiger charge is 2.05. The fraction of sp³-hybridized carbons (Fsp3) is 0.286. The van der Waals surface area contributed by atoms with Gasteiger partial charge in [-0.1, -0.05) is 13.0 Å². The molecule has 0 radical (unpaired) electrons. The largest absolute Gasteiger partial charge is 0.491 e. The molecule has 0 bridgehead atoms. The number of nitrogens with two attached hydrogens (primary N) is 1. The molecular formula is C14H18N2OS. The molecule has 0 aliphatic heterocycles. The number of benzene rings is 1. The quantitative estimate of drug-likeness (QED) is 0.780. The fourth-order valence-electron chi connectivity index (χ4n) is 1.63. The molecule has 1 heterocycles. The second-order valence-corrected chi connectivity index (χ2v) is 4.83. The number of para-hydroxylation sites is 1. The molecule has 0 saturated heterocycles. The molecule has 0 amide bonds. The van der Waals surface area contributed by atoms with Crippen molar-refractivity contribution < 1.29 is 4.74 Å². The Morgan fingerprint density at radius 2 is 2.22 bits per heavy atom. The maximum Gasteiger partial charge on any atom is 0.144 e. The molecule has 2 aromatic rings. The van der Waals surface area contributed by atoms with Crippen LogP contribution in [-0.4, -0.2) is 6.61 Å². The van der Waals surface area contributed by atoms with Crippen LogP contribution in [-0.2, 0) is 6.54 Å². The molecule has 1 aromatic carbocycles. The van der Waals surface area contributed by atoms with Crippen molar-refractivity contribution in [2.45, 2.75) is 19.9 Å². The third kappa shape index (κ3) is 3.17. The summed E-state index contributed by atoms with van der Waals surface area (Å²) in [6, 6.07) is 7.93. The first-order valence-corrected chi connectivity index (χ1v) is 7.01. The molecule has 1 aromatic heterocycles. The van der Waals surface area contributed by atoms with Gasteiger partial charge in [0.2, 0.25) is 0 Å². The zero-order valence-corrected chi connectivity index (χ0v) is 11.3. The lowest BCUT2D eigenvalue weighted by atomic mass is 10.2. The minimum absolute atomic E-state index is 0.682. The van der Waals surface area contributed by atoms with E-state index in [0.717, 1.165) is 24.4 Å². The predicted octanol–water partition coefficient (Wildman–Crippen LogP) is 3.73. The first-order chi connectivity index (χ1) is 8.81. The number of anilines is 2. The van der Waals surface area contributed by atoms with Crippen LogP contribution >= 0.6 is 11.3 Å². The van der Waals surface area contributed by atoms with E-state index in [2.05, 4.69) is 29.1 Å². The first kappa shape index (κ1) is 12.8. The summed E-state index contributed by atoms with van der Waals surface area (Å²) in [4.78, 5) is 0. The number of rotatable bonds is 6. The van der Waals surface area contributed by atoms with Crippen molar-refractivity contribution in [3.63, 3.8) is 0 Å². The Bertz CT molecular complexity index is 483. The van der Waals surface area contributed by atoms with E-state index in [9.17, 15) is 0 Å². The summed E-state index contributed by atoms with van der Waals surface area (Å²) in [5.41, 5.74) is 8.95. The molecule has 0 fully saturated rings. The Morgan fingerprint density at radius 3 is 2.94 bits per heavy atom. The number of ether oxygens (including phenoxy) is 1. The van der Waals surface area contributed by atoms with Crippen LogP contribution in [0.25, 0.3) is 0 Å². The lowest BCUT2D eigenvalue weighted by Crippen LogP contribution is -2.04. The van der Waals surface area contributed by atoms with Crippen molar-refractivity contribution >= 4 is 22.7 Å². The van der Waals surface area contributed by atoms with E-state index in [-0.39, 0.29) is 0 Å². The molecule has 2 rings (SSSR count). The number of hydrogen-bond acceptors (Lipinski definition) is 4. The van der Waals surface area contributed by atoms with Gasteiger partial charge in [0, 0.05) is 6.54 Å². The highest BCUT2D eigenvalue weighted by atomic mass is 32.1. The zero-order chi connectivity index (χ0) is 12.8. The molecule has 18 heavy (non-hydrogen) atoms. The van der Waals surface area contributed by atoms with Crippen molar-refractivity contribution in [3.8, 4) is 5.75 Å². The Kier molecular flexibility index (Phi) is 4.47. The van der Waals surface area contributed by atoms with Crippen molar-refractivity contribution in [1.29, 1.82) is 0 Å². The van der Waals surface area contributed by atoms with Gasteiger partial charge in [-0.15, -0.1) is 0 Å². The third-order valence-electron chi connectivity index (χ3n) is 2.59. The summed E-state index contributed by atoms with van der Waals surface area (Å²) in [6.07, 6.45) is 0.978. The predicted molar refractivity (Wildman–Crippen MR) is 78.3 cm³/mol. The molecule has 3 nitrogen and oxygen atoms in total. The maximum atomic E-state index is 6.08. The third-order valence-corrected chi connectivity index (χ3v) is 3.32. The van der Waals surface area contributed by atoms with Crippen LogP contribution in [0.2, 0.25) is 0 Å². The van der Waals surface area contributed by atoms with E-state index < -0.39 is 0 Å². The Hall–Kier alpha value is -1.68. The van der Waals surface area contributed by atoms with Crippen LogP contribution in [0.1, 0.15) is 18.9 Å². The molecule has 0 aliphatic rings. The zero-order valence-electron chi connectivity index (χ0n) is 10.5. The SMILES string of the molecule is CCCOc1cccc(NCc2ccsc2)c1N. The van der Waals surface area contributed by atoms with Gasteiger partial charge >= 0.3 is 0 Å². The standard InChI is InChI=1S/C14H18N2OS/c1-2-7-17-13-5-3-4-12(14(13)15)16-9-11-6-8-18-10-11/h3-6,8,10,16H,2,7,9,15H2,1H3. The first-order valence-electron chi connectivity index (χ1n) is 6.07. The molecule has 3 N–H and O–H groups in total. The van der Waals surface area contributed by atoms with E-state index in [1.807, 2.05) is 18.2 Å². The van der Waals surface area contributed by atoms with Crippen LogP contribution in [0.15, 0.2) is 35.0 Å². The smallest absolute Gasteiger partial charge is 0.144 e.